The van der Waals surface area contributed by atoms with E-state index in [1.54, 1.807) is 6.92 Å². The number of esters is 1. The fraction of sp³-hybridized carbons (Fsp3) is 0.529. The van der Waals surface area contributed by atoms with Crippen molar-refractivity contribution >= 4 is 11.9 Å². The van der Waals surface area contributed by atoms with E-state index in [0.29, 0.717) is 19.8 Å². The van der Waals surface area contributed by atoms with Crippen LogP contribution in [-0.2, 0) is 19.1 Å². The highest BCUT2D eigenvalue weighted by Crippen LogP contribution is 2.17. The lowest BCUT2D eigenvalue weighted by atomic mass is 9.99. The maximum atomic E-state index is 12.3. The van der Waals surface area contributed by atoms with Crippen LogP contribution in [0.2, 0.25) is 0 Å². The molecule has 1 aromatic rings. The minimum absolute atomic E-state index is 0.164. The predicted molar refractivity (Wildman–Crippen MR) is 86.0 cm³/mol. The first-order chi connectivity index (χ1) is 11.1. The standard InChI is InChI=1S/C17H24N2O4/c1-3-22-17(21)14(13-7-5-4-6-8-13)11-19-16(20)15-12(2)23-10-9-18-15/h4-8,12,14-15,18H,3,9-11H2,1-2H3,(H,19,20)/t12-,14?,15+/m1/s1. The molecule has 1 unspecified atom stereocenters. The quantitative estimate of drug-likeness (QED) is 0.759. The molecule has 1 aliphatic rings. The van der Waals surface area contributed by atoms with E-state index in [-0.39, 0.29) is 24.5 Å². The van der Waals surface area contributed by atoms with Crippen molar-refractivity contribution in [1.29, 1.82) is 0 Å². The number of nitrogens with one attached hydrogen (secondary N) is 2. The molecule has 126 valence electrons. The van der Waals surface area contributed by atoms with Gasteiger partial charge in [-0.05, 0) is 19.4 Å². The second kappa shape index (κ2) is 8.64. The van der Waals surface area contributed by atoms with Crippen LogP contribution in [0.4, 0.5) is 0 Å². The summed E-state index contributed by atoms with van der Waals surface area (Å²) in [6, 6.07) is 8.93. The van der Waals surface area contributed by atoms with Crippen molar-refractivity contribution < 1.29 is 19.1 Å². The molecule has 6 nitrogen and oxygen atoms in total. The first-order valence-electron chi connectivity index (χ1n) is 7.97. The van der Waals surface area contributed by atoms with E-state index < -0.39 is 12.0 Å². The smallest absolute Gasteiger partial charge is 0.315 e. The summed E-state index contributed by atoms with van der Waals surface area (Å²) >= 11 is 0. The number of rotatable bonds is 6. The summed E-state index contributed by atoms with van der Waals surface area (Å²) < 4.78 is 10.6. The SMILES string of the molecule is CCOC(=O)C(CNC(=O)[C@H]1NCCO[C@@H]1C)c1ccccc1. The molecular formula is C17H24N2O4. The number of carbonyl (C=O) groups is 2. The van der Waals surface area contributed by atoms with Crippen LogP contribution in [0, 0.1) is 0 Å². The van der Waals surface area contributed by atoms with Crippen molar-refractivity contribution in [2.24, 2.45) is 0 Å². The first kappa shape index (κ1) is 17.4. The molecular weight excluding hydrogens is 296 g/mol. The van der Waals surface area contributed by atoms with Crippen LogP contribution < -0.4 is 10.6 Å². The Bertz CT molecular complexity index is 521. The molecule has 1 heterocycles. The molecule has 0 aliphatic carbocycles. The Kier molecular flexibility index (Phi) is 6.55. The van der Waals surface area contributed by atoms with Crippen molar-refractivity contribution in [1.82, 2.24) is 10.6 Å². The molecule has 1 amide bonds. The summed E-state index contributed by atoms with van der Waals surface area (Å²) in [5.74, 6) is -1.01. The summed E-state index contributed by atoms with van der Waals surface area (Å²) in [5.41, 5.74) is 0.826. The number of amides is 1. The number of hydrogen-bond acceptors (Lipinski definition) is 5. The number of ether oxygens (including phenoxy) is 2. The van der Waals surface area contributed by atoms with Crippen LogP contribution in [0.3, 0.4) is 0 Å². The topological polar surface area (TPSA) is 76.7 Å². The normalized spacial score (nSPS) is 22.2. The van der Waals surface area contributed by atoms with Gasteiger partial charge in [0.05, 0.1) is 25.2 Å². The molecule has 1 aromatic carbocycles. The van der Waals surface area contributed by atoms with Gasteiger partial charge in [-0.1, -0.05) is 30.3 Å². The first-order valence-corrected chi connectivity index (χ1v) is 7.97. The van der Waals surface area contributed by atoms with Gasteiger partial charge in [-0.3, -0.25) is 9.59 Å². The third-order valence-corrected chi connectivity index (χ3v) is 3.85. The van der Waals surface area contributed by atoms with Crippen molar-refractivity contribution in [2.45, 2.75) is 31.9 Å². The van der Waals surface area contributed by atoms with Crippen molar-refractivity contribution in [3.63, 3.8) is 0 Å². The minimum Gasteiger partial charge on any atom is -0.465 e. The van der Waals surface area contributed by atoms with E-state index in [1.807, 2.05) is 37.3 Å². The third kappa shape index (κ3) is 4.77. The van der Waals surface area contributed by atoms with E-state index in [9.17, 15) is 9.59 Å². The largest absolute Gasteiger partial charge is 0.465 e. The van der Waals surface area contributed by atoms with Gasteiger partial charge in [-0.25, -0.2) is 0 Å². The van der Waals surface area contributed by atoms with Gasteiger partial charge < -0.3 is 20.1 Å². The van der Waals surface area contributed by atoms with Gasteiger partial charge in [-0.15, -0.1) is 0 Å². The van der Waals surface area contributed by atoms with E-state index in [1.165, 1.54) is 0 Å². The molecule has 2 N–H and O–H groups in total. The summed E-state index contributed by atoms with van der Waals surface area (Å²) in [7, 11) is 0. The van der Waals surface area contributed by atoms with Gasteiger partial charge in [0.1, 0.15) is 6.04 Å². The van der Waals surface area contributed by atoms with Crippen molar-refractivity contribution in [3.8, 4) is 0 Å². The van der Waals surface area contributed by atoms with Crippen LogP contribution in [0.1, 0.15) is 25.3 Å². The molecule has 0 saturated carbocycles. The summed E-state index contributed by atoms with van der Waals surface area (Å²) in [4.78, 5) is 24.5. The van der Waals surface area contributed by atoms with E-state index >= 15 is 0 Å². The molecule has 1 aliphatic heterocycles. The molecule has 1 saturated heterocycles. The maximum absolute atomic E-state index is 12.3. The summed E-state index contributed by atoms with van der Waals surface area (Å²) in [6.45, 7) is 5.38. The highest BCUT2D eigenvalue weighted by molar-refractivity contribution is 5.84. The fourth-order valence-electron chi connectivity index (χ4n) is 2.61. The molecule has 2 rings (SSSR count). The molecule has 0 spiro atoms. The Morgan fingerprint density at radius 2 is 2.13 bits per heavy atom. The number of hydrogen-bond donors (Lipinski definition) is 2. The average molecular weight is 320 g/mol. The summed E-state index contributed by atoms with van der Waals surface area (Å²) in [5, 5.41) is 5.97. The van der Waals surface area contributed by atoms with Crippen LogP contribution in [-0.4, -0.2) is 50.3 Å². The highest BCUT2D eigenvalue weighted by atomic mass is 16.5. The third-order valence-electron chi connectivity index (χ3n) is 3.85. The molecule has 3 atom stereocenters. The second-order valence-corrected chi connectivity index (χ2v) is 5.47. The number of morpholine rings is 1. The number of carbonyl (C=O) groups excluding carboxylic acids is 2. The number of benzene rings is 1. The zero-order valence-corrected chi connectivity index (χ0v) is 13.6. The molecule has 1 fully saturated rings. The van der Waals surface area contributed by atoms with Crippen LogP contribution >= 0.6 is 0 Å². The molecule has 0 bridgehead atoms. The zero-order chi connectivity index (χ0) is 16.7. The minimum atomic E-state index is -0.514. The molecule has 6 heteroatoms. The Morgan fingerprint density at radius 3 is 2.78 bits per heavy atom. The Balaban J connectivity index is 2.00. The Labute approximate surface area is 136 Å². The second-order valence-electron chi connectivity index (χ2n) is 5.47. The lowest BCUT2D eigenvalue weighted by Crippen LogP contribution is -2.56. The van der Waals surface area contributed by atoms with Gasteiger partial charge in [0.25, 0.3) is 0 Å². The van der Waals surface area contributed by atoms with E-state index in [2.05, 4.69) is 10.6 Å². The predicted octanol–water partition coefficient (Wildman–Crippen LogP) is 0.826. The van der Waals surface area contributed by atoms with Gasteiger partial charge in [-0.2, -0.15) is 0 Å². The Morgan fingerprint density at radius 1 is 1.39 bits per heavy atom. The van der Waals surface area contributed by atoms with Crippen LogP contribution in [0.25, 0.3) is 0 Å². The van der Waals surface area contributed by atoms with Crippen LogP contribution in [0.15, 0.2) is 30.3 Å². The van der Waals surface area contributed by atoms with Gasteiger partial charge >= 0.3 is 5.97 Å². The molecule has 0 radical (unpaired) electrons. The van der Waals surface area contributed by atoms with Gasteiger partial charge in [0.2, 0.25) is 5.91 Å². The van der Waals surface area contributed by atoms with Gasteiger partial charge in [0.15, 0.2) is 0 Å². The molecule has 0 aromatic heterocycles. The lowest BCUT2D eigenvalue weighted by molar-refractivity contribution is -0.145. The highest BCUT2D eigenvalue weighted by Gasteiger charge is 2.30. The van der Waals surface area contributed by atoms with Crippen molar-refractivity contribution in [2.75, 3.05) is 26.3 Å². The lowest BCUT2D eigenvalue weighted by Gasteiger charge is -2.29. The van der Waals surface area contributed by atoms with Crippen molar-refractivity contribution in [3.05, 3.63) is 35.9 Å². The maximum Gasteiger partial charge on any atom is 0.315 e. The van der Waals surface area contributed by atoms with Gasteiger partial charge in [0, 0.05) is 13.1 Å². The summed E-state index contributed by atoms with van der Waals surface area (Å²) in [6.07, 6.45) is -0.193. The molecule has 23 heavy (non-hydrogen) atoms. The Hall–Kier alpha value is -1.92. The zero-order valence-electron chi connectivity index (χ0n) is 13.6. The van der Waals surface area contributed by atoms with E-state index in [4.69, 9.17) is 9.47 Å². The monoisotopic (exact) mass is 320 g/mol. The average Bonchev–Trinajstić information content (AvgIpc) is 2.56. The van der Waals surface area contributed by atoms with Crippen LogP contribution in [0.5, 0.6) is 0 Å². The fourth-order valence-corrected chi connectivity index (χ4v) is 2.61. The van der Waals surface area contributed by atoms with E-state index in [0.717, 1.165) is 5.56 Å².